The lowest BCUT2D eigenvalue weighted by molar-refractivity contribution is -0.137. The molecule has 0 fully saturated rings. The van der Waals surface area contributed by atoms with Crippen LogP contribution in [0.2, 0.25) is 0 Å². The van der Waals surface area contributed by atoms with E-state index in [1.54, 1.807) is 6.92 Å². The maximum absolute atomic E-state index is 13.2. The van der Waals surface area contributed by atoms with Gasteiger partial charge in [-0.05, 0) is 25.1 Å². The largest absolute Gasteiger partial charge is 0.494 e. The van der Waals surface area contributed by atoms with E-state index >= 15 is 0 Å². The van der Waals surface area contributed by atoms with E-state index in [0.29, 0.717) is 0 Å². The maximum Gasteiger partial charge on any atom is 0.379 e. The predicted molar refractivity (Wildman–Crippen MR) is 53.9 cm³/mol. The van der Waals surface area contributed by atoms with Crippen LogP contribution in [0.1, 0.15) is 17.3 Å². The van der Waals surface area contributed by atoms with Gasteiger partial charge in [0.05, 0.1) is 13.7 Å². The van der Waals surface area contributed by atoms with Crippen molar-refractivity contribution in [3.8, 4) is 5.75 Å². The van der Waals surface area contributed by atoms with Gasteiger partial charge in [-0.3, -0.25) is 4.79 Å². The van der Waals surface area contributed by atoms with E-state index in [1.807, 2.05) is 0 Å². The minimum Gasteiger partial charge on any atom is -0.494 e. The first-order chi connectivity index (χ1) is 7.60. The summed E-state index contributed by atoms with van der Waals surface area (Å²) in [5, 5.41) is 0. The molecule has 16 heavy (non-hydrogen) atoms. The number of ether oxygens (including phenoxy) is 2. The van der Waals surface area contributed by atoms with Crippen molar-refractivity contribution >= 4 is 11.8 Å². The average Bonchev–Trinajstić information content (AvgIpc) is 2.28. The molecule has 0 amide bonds. The zero-order chi connectivity index (χ0) is 12.1. The normalized spacial score (nSPS) is 9.69. The molecule has 1 rings (SSSR count). The predicted octanol–water partition coefficient (Wildman–Crippen LogP) is 1.58. The van der Waals surface area contributed by atoms with Gasteiger partial charge < -0.3 is 9.47 Å². The SMILES string of the molecule is CCOC(=O)C(=O)c1ccc(OC)c(F)c1. The summed E-state index contributed by atoms with van der Waals surface area (Å²) < 4.78 is 22.4. The molecule has 0 aliphatic rings. The van der Waals surface area contributed by atoms with Crippen molar-refractivity contribution in [1.29, 1.82) is 0 Å². The minimum atomic E-state index is -0.993. The Balaban J connectivity index is 2.93. The molecule has 0 N–H and O–H groups in total. The van der Waals surface area contributed by atoms with Gasteiger partial charge in [0.15, 0.2) is 11.6 Å². The highest BCUT2D eigenvalue weighted by Crippen LogP contribution is 2.18. The highest BCUT2D eigenvalue weighted by Gasteiger charge is 2.18. The lowest BCUT2D eigenvalue weighted by atomic mass is 10.1. The van der Waals surface area contributed by atoms with Crippen molar-refractivity contribution in [2.75, 3.05) is 13.7 Å². The van der Waals surface area contributed by atoms with Gasteiger partial charge in [-0.25, -0.2) is 9.18 Å². The van der Waals surface area contributed by atoms with Crippen LogP contribution in [0.5, 0.6) is 5.75 Å². The molecule has 0 spiro atoms. The molecule has 86 valence electrons. The second kappa shape index (κ2) is 5.25. The van der Waals surface area contributed by atoms with Crippen molar-refractivity contribution in [2.45, 2.75) is 6.92 Å². The Morgan fingerprint density at radius 2 is 2.06 bits per heavy atom. The lowest BCUT2D eigenvalue weighted by Gasteiger charge is -2.04. The number of rotatable bonds is 4. The number of esters is 1. The Hall–Kier alpha value is -1.91. The topological polar surface area (TPSA) is 52.6 Å². The lowest BCUT2D eigenvalue weighted by Crippen LogP contribution is -2.17. The zero-order valence-corrected chi connectivity index (χ0v) is 8.95. The van der Waals surface area contributed by atoms with Gasteiger partial charge in [0.1, 0.15) is 0 Å². The first-order valence-electron chi connectivity index (χ1n) is 4.65. The molecular formula is C11H11FO4. The van der Waals surface area contributed by atoms with Gasteiger partial charge in [-0.2, -0.15) is 0 Å². The minimum absolute atomic E-state index is 0.0143. The number of methoxy groups -OCH3 is 1. The summed E-state index contributed by atoms with van der Waals surface area (Å²) in [6, 6.07) is 3.53. The Labute approximate surface area is 92.0 Å². The van der Waals surface area contributed by atoms with E-state index in [0.717, 1.165) is 6.07 Å². The molecule has 0 saturated carbocycles. The molecule has 0 atom stereocenters. The van der Waals surface area contributed by atoms with E-state index in [1.165, 1.54) is 19.2 Å². The molecule has 0 aliphatic heterocycles. The Bertz CT molecular complexity index is 414. The third-order valence-corrected chi connectivity index (χ3v) is 1.87. The molecule has 0 unspecified atom stereocenters. The fourth-order valence-electron chi connectivity index (χ4n) is 1.12. The highest BCUT2D eigenvalue weighted by atomic mass is 19.1. The molecule has 0 aromatic heterocycles. The monoisotopic (exact) mass is 226 g/mol. The first kappa shape index (κ1) is 12.2. The van der Waals surface area contributed by atoms with E-state index in [2.05, 4.69) is 9.47 Å². The average molecular weight is 226 g/mol. The molecule has 0 radical (unpaired) electrons. The second-order valence-electron chi connectivity index (χ2n) is 2.90. The standard InChI is InChI=1S/C11H11FO4/c1-3-16-11(14)10(13)7-4-5-9(15-2)8(12)6-7/h4-6H,3H2,1-2H3. The molecule has 0 saturated heterocycles. The summed E-state index contributed by atoms with van der Waals surface area (Å²) in [6.45, 7) is 1.68. The molecule has 5 heteroatoms. The summed E-state index contributed by atoms with van der Waals surface area (Å²) in [7, 11) is 1.31. The number of carbonyl (C=O) groups is 2. The molecule has 0 bridgehead atoms. The molecule has 0 heterocycles. The van der Waals surface area contributed by atoms with Crippen molar-refractivity contribution in [3.63, 3.8) is 0 Å². The van der Waals surface area contributed by atoms with Crippen molar-refractivity contribution in [2.24, 2.45) is 0 Å². The van der Waals surface area contributed by atoms with Crippen LogP contribution >= 0.6 is 0 Å². The number of hydrogen-bond donors (Lipinski definition) is 0. The van der Waals surface area contributed by atoms with Crippen LogP contribution < -0.4 is 4.74 Å². The summed E-state index contributed by atoms with van der Waals surface area (Å²) in [4.78, 5) is 22.5. The van der Waals surface area contributed by atoms with E-state index in [9.17, 15) is 14.0 Å². The van der Waals surface area contributed by atoms with Crippen LogP contribution in [0, 0.1) is 5.82 Å². The highest BCUT2D eigenvalue weighted by molar-refractivity contribution is 6.40. The van der Waals surface area contributed by atoms with Gasteiger partial charge in [0.2, 0.25) is 0 Å². The summed E-state index contributed by atoms with van der Waals surface area (Å²) >= 11 is 0. The van der Waals surface area contributed by atoms with Gasteiger partial charge >= 0.3 is 5.97 Å². The molecule has 1 aromatic rings. The van der Waals surface area contributed by atoms with E-state index in [4.69, 9.17) is 0 Å². The fraction of sp³-hybridized carbons (Fsp3) is 0.273. The second-order valence-corrected chi connectivity index (χ2v) is 2.90. The number of ketones is 1. The van der Waals surface area contributed by atoms with Gasteiger partial charge in [0, 0.05) is 5.56 Å². The maximum atomic E-state index is 13.2. The number of carbonyl (C=O) groups excluding carboxylic acids is 2. The van der Waals surface area contributed by atoms with Crippen LogP contribution in [-0.4, -0.2) is 25.5 Å². The quantitative estimate of drug-likeness (QED) is 0.444. The zero-order valence-electron chi connectivity index (χ0n) is 8.95. The van der Waals surface area contributed by atoms with Crippen molar-refractivity contribution in [3.05, 3.63) is 29.6 Å². The molecule has 1 aromatic carbocycles. The summed E-state index contributed by atoms with van der Waals surface area (Å²) in [5.41, 5.74) is -0.0586. The molecule has 0 aliphatic carbocycles. The summed E-state index contributed by atoms with van der Waals surface area (Å²) in [6.07, 6.45) is 0. The van der Waals surface area contributed by atoms with E-state index in [-0.39, 0.29) is 17.9 Å². The van der Waals surface area contributed by atoms with Crippen LogP contribution in [0.25, 0.3) is 0 Å². The number of Topliss-reactive ketones (excluding diaryl/α,β-unsaturated/α-hetero) is 1. The Kier molecular flexibility index (Phi) is 3.99. The van der Waals surface area contributed by atoms with Crippen molar-refractivity contribution < 1.29 is 23.5 Å². The number of benzene rings is 1. The van der Waals surface area contributed by atoms with Gasteiger partial charge in [-0.15, -0.1) is 0 Å². The number of halogens is 1. The molecular weight excluding hydrogens is 215 g/mol. The number of hydrogen-bond acceptors (Lipinski definition) is 4. The fourth-order valence-corrected chi connectivity index (χ4v) is 1.12. The van der Waals surface area contributed by atoms with Crippen LogP contribution in [0.3, 0.4) is 0 Å². The van der Waals surface area contributed by atoms with Crippen LogP contribution in [0.15, 0.2) is 18.2 Å². The van der Waals surface area contributed by atoms with Gasteiger partial charge in [0.25, 0.3) is 5.78 Å². The van der Waals surface area contributed by atoms with E-state index < -0.39 is 17.6 Å². The van der Waals surface area contributed by atoms with Crippen LogP contribution in [-0.2, 0) is 9.53 Å². The Morgan fingerprint density at radius 3 is 2.56 bits per heavy atom. The van der Waals surface area contributed by atoms with Crippen molar-refractivity contribution in [1.82, 2.24) is 0 Å². The smallest absolute Gasteiger partial charge is 0.379 e. The summed E-state index contributed by atoms with van der Waals surface area (Å²) in [5.74, 6) is -2.55. The first-order valence-corrected chi connectivity index (χ1v) is 4.65. The van der Waals surface area contributed by atoms with Gasteiger partial charge in [-0.1, -0.05) is 0 Å². The molecule has 4 nitrogen and oxygen atoms in total. The third kappa shape index (κ3) is 2.56. The van der Waals surface area contributed by atoms with Crippen LogP contribution in [0.4, 0.5) is 4.39 Å². The third-order valence-electron chi connectivity index (χ3n) is 1.87. The Morgan fingerprint density at radius 1 is 1.38 bits per heavy atom.